The molecule has 2 aromatic heterocycles. The van der Waals surface area contributed by atoms with Crippen molar-refractivity contribution in [1.82, 2.24) is 20.1 Å². The largest absolute Gasteiger partial charge is 0.310 e. The number of nitrogens with one attached hydrogen (secondary N) is 1. The van der Waals surface area contributed by atoms with Crippen molar-refractivity contribution < 1.29 is 4.39 Å². The molecule has 0 spiro atoms. The van der Waals surface area contributed by atoms with Crippen LogP contribution in [0.5, 0.6) is 0 Å². The molecule has 114 valence electrons. The number of hydrogen-bond donors (Lipinski definition) is 1. The highest BCUT2D eigenvalue weighted by Gasteiger charge is 2.15. The summed E-state index contributed by atoms with van der Waals surface area (Å²) in [6.45, 7) is 7.19. The first kappa shape index (κ1) is 15.6. The predicted octanol–water partition coefficient (Wildman–Crippen LogP) is 3.28. The van der Waals surface area contributed by atoms with Gasteiger partial charge in [-0.2, -0.15) is 5.10 Å². The van der Waals surface area contributed by atoms with Crippen molar-refractivity contribution in [2.24, 2.45) is 0 Å². The first-order chi connectivity index (χ1) is 10.1. The van der Waals surface area contributed by atoms with E-state index in [1.165, 1.54) is 6.20 Å². The van der Waals surface area contributed by atoms with Crippen molar-refractivity contribution in [3.8, 4) is 0 Å². The molecule has 0 saturated carbocycles. The Kier molecular flexibility index (Phi) is 5.44. The standard InChI is InChI=1S/C16H23FN4/c1-4-6-19-16(13-8-14(17)11-18-10-13)9-15-5-7-21(20-15)12(2)3/h5,7-8,10-12,16,19H,4,6,9H2,1-3H3. The Morgan fingerprint density at radius 1 is 1.33 bits per heavy atom. The van der Waals surface area contributed by atoms with Crippen LogP contribution in [-0.2, 0) is 6.42 Å². The van der Waals surface area contributed by atoms with E-state index in [-0.39, 0.29) is 11.9 Å². The molecule has 0 amide bonds. The quantitative estimate of drug-likeness (QED) is 0.851. The molecule has 0 aromatic carbocycles. The summed E-state index contributed by atoms with van der Waals surface area (Å²) in [7, 11) is 0. The minimum Gasteiger partial charge on any atom is -0.310 e. The van der Waals surface area contributed by atoms with Crippen LogP contribution in [-0.4, -0.2) is 21.3 Å². The van der Waals surface area contributed by atoms with Gasteiger partial charge in [-0.15, -0.1) is 0 Å². The molecule has 21 heavy (non-hydrogen) atoms. The van der Waals surface area contributed by atoms with Gasteiger partial charge < -0.3 is 5.32 Å². The number of aromatic nitrogens is 3. The van der Waals surface area contributed by atoms with Crippen molar-refractivity contribution in [3.05, 3.63) is 47.8 Å². The monoisotopic (exact) mass is 290 g/mol. The van der Waals surface area contributed by atoms with Gasteiger partial charge in [0.25, 0.3) is 0 Å². The van der Waals surface area contributed by atoms with Gasteiger partial charge in [-0.25, -0.2) is 4.39 Å². The van der Waals surface area contributed by atoms with E-state index in [0.29, 0.717) is 6.04 Å². The van der Waals surface area contributed by atoms with Crippen LogP contribution in [0.4, 0.5) is 4.39 Å². The highest BCUT2D eigenvalue weighted by Crippen LogP contribution is 2.18. The molecule has 2 aromatic rings. The molecule has 1 unspecified atom stereocenters. The van der Waals surface area contributed by atoms with Crippen molar-refractivity contribution in [2.75, 3.05) is 6.54 Å². The average molecular weight is 290 g/mol. The van der Waals surface area contributed by atoms with Crippen LogP contribution in [0.2, 0.25) is 0 Å². The van der Waals surface area contributed by atoms with Gasteiger partial charge in [-0.3, -0.25) is 9.67 Å². The molecule has 2 heterocycles. The molecular weight excluding hydrogens is 267 g/mol. The number of hydrogen-bond acceptors (Lipinski definition) is 3. The number of nitrogens with zero attached hydrogens (tertiary/aromatic N) is 3. The third kappa shape index (κ3) is 4.36. The lowest BCUT2D eigenvalue weighted by Gasteiger charge is -2.17. The van der Waals surface area contributed by atoms with Crippen LogP contribution in [0.3, 0.4) is 0 Å². The van der Waals surface area contributed by atoms with Gasteiger partial charge in [0.15, 0.2) is 0 Å². The molecule has 0 aliphatic rings. The van der Waals surface area contributed by atoms with Crippen molar-refractivity contribution >= 4 is 0 Å². The molecule has 5 heteroatoms. The zero-order valence-electron chi connectivity index (χ0n) is 12.9. The molecule has 0 saturated heterocycles. The lowest BCUT2D eigenvalue weighted by Crippen LogP contribution is -2.24. The van der Waals surface area contributed by atoms with E-state index in [9.17, 15) is 4.39 Å². The lowest BCUT2D eigenvalue weighted by molar-refractivity contribution is 0.496. The van der Waals surface area contributed by atoms with E-state index in [1.54, 1.807) is 12.3 Å². The van der Waals surface area contributed by atoms with Crippen molar-refractivity contribution in [1.29, 1.82) is 0 Å². The fourth-order valence-corrected chi connectivity index (χ4v) is 2.23. The molecule has 0 fully saturated rings. The fourth-order valence-electron chi connectivity index (χ4n) is 2.23. The van der Waals surface area contributed by atoms with E-state index in [0.717, 1.165) is 30.6 Å². The normalized spacial score (nSPS) is 12.8. The first-order valence-electron chi connectivity index (χ1n) is 7.48. The molecule has 0 radical (unpaired) electrons. The lowest BCUT2D eigenvalue weighted by atomic mass is 10.0. The molecule has 0 aliphatic heterocycles. The maximum absolute atomic E-state index is 13.4. The Labute approximate surface area is 125 Å². The van der Waals surface area contributed by atoms with Crippen molar-refractivity contribution in [2.45, 2.75) is 45.7 Å². The molecule has 4 nitrogen and oxygen atoms in total. The van der Waals surface area contributed by atoms with Gasteiger partial charge in [0, 0.05) is 30.9 Å². The van der Waals surface area contributed by atoms with Crippen LogP contribution >= 0.6 is 0 Å². The third-order valence-electron chi connectivity index (χ3n) is 3.38. The number of pyridine rings is 1. The highest BCUT2D eigenvalue weighted by molar-refractivity contribution is 5.18. The number of halogens is 1. The SMILES string of the molecule is CCCNC(Cc1ccn(C(C)C)n1)c1cncc(F)c1. The molecule has 0 aliphatic carbocycles. The van der Waals surface area contributed by atoms with E-state index in [4.69, 9.17) is 0 Å². The summed E-state index contributed by atoms with van der Waals surface area (Å²) >= 11 is 0. The summed E-state index contributed by atoms with van der Waals surface area (Å²) < 4.78 is 15.3. The minimum absolute atomic E-state index is 0.0312. The maximum Gasteiger partial charge on any atom is 0.141 e. The van der Waals surface area contributed by atoms with Crippen LogP contribution in [0.25, 0.3) is 0 Å². The van der Waals surface area contributed by atoms with E-state index in [2.05, 4.69) is 36.2 Å². The Morgan fingerprint density at radius 2 is 2.14 bits per heavy atom. The second-order valence-corrected chi connectivity index (χ2v) is 5.53. The summed E-state index contributed by atoms with van der Waals surface area (Å²) in [5.74, 6) is -0.302. The van der Waals surface area contributed by atoms with Crippen LogP contribution in [0.1, 0.15) is 50.5 Å². The van der Waals surface area contributed by atoms with Gasteiger partial charge in [0.1, 0.15) is 5.82 Å². The summed E-state index contributed by atoms with van der Waals surface area (Å²) in [4.78, 5) is 3.95. The Balaban J connectivity index is 2.15. The zero-order chi connectivity index (χ0) is 15.2. The molecule has 1 N–H and O–H groups in total. The van der Waals surface area contributed by atoms with Gasteiger partial charge >= 0.3 is 0 Å². The maximum atomic E-state index is 13.4. The van der Waals surface area contributed by atoms with E-state index < -0.39 is 0 Å². The second kappa shape index (κ2) is 7.31. The third-order valence-corrected chi connectivity index (χ3v) is 3.38. The van der Waals surface area contributed by atoms with Crippen molar-refractivity contribution in [3.63, 3.8) is 0 Å². The van der Waals surface area contributed by atoms with Gasteiger partial charge in [-0.1, -0.05) is 6.92 Å². The first-order valence-corrected chi connectivity index (χ1v) is 7.48. The second-order valence-electron chi connectivity index (χ2n) is 5.53. The zero-order valence-corrected chi connectivity index (χ0v) is 12.9. The Morgan fingerprint density at radius 3 is 2.76 bits per heavy atom. The van der Waals surface area contributed by atoms with Crippen LogP contribution < -0.4 is 5.32 Å². The molecule has 0 bridgehead atoms. The number of rotatable bonds is 7. The summed E-state index contributed by atoms with van der Waals surface area (Å²) in [6.07, 6.45) is 6.69. The average Bonchev–Trinajstić information content (AvgIpc) is 2.92. The Hall–Kier alpha value is -1.75. The van der Waals surface area contributed by atoms with Gasteiger partial charge in [0.05, 0.1) is 11.9 Å². The summed E-state index contributed by atoms with van der Waals surface area (Å²) in [5, 5.41) is 8.01. The smallest absolute Gasteiger partial charge is 0.141 e. The topological polar surface area (TPSA) is 42.7 Å². The minimum atomic E-state index is -0.302. The fraction of sp³-hybridized carbons (Fsp3) is 0.500. The molecule has 1 atom stereocenters. The predicted molar refractivity (Wildman–Crippen MR) is 81.5 cm³/mol. The van der Waals surface area contributed by atoms with Gasteiger partial charge in [0.2, 0.25) is 0 Å². The summed E-state index contributed by atoms with van der Waals surface area (Å²) in [5.41, 5.74) is 1.86. The van der Waals surface area contributed by atoms with E-state index in [1.807, 2.05) is 16.9 Å². The van der Waals surface area contributed by atoms with Gasteiger partial charge in [-0.05, 0) is 44.5 Å². The van der Waals surface area contributed by atoms with Crippen LogP contribution in [0.15, 0.2) is 30.7 Å². The molecule has 2 rings (SSSR count). The highest BCUT2D eigenvalue weighted by atomic mass is 19.1. The summed E-state index contributed by atoms with van der Waals surface area (Å²) in [6, 6.07) is 3.94. The Bertz CT molecular complexity index is 565. The van der Waals surface area contributed by atoms with E-state index >= 15 is 0 Å². The molecular formula is C16H23FN4. The van der Waals surface area contributed by atoms with Crippen LogP contribution in [0, 0.1) is 5.82 Å².